The van der Waals surface area contributed by atoms with Crippen molar-refractivity contribution in [3.8, 4) is 0 Å². The Balaban J connectivity index is 1.13. The normalized spacial score (nSPS) is 25.6. The third-order valence-corrected chi connectivity index (χ3v) is 11.4. The van der Waals surface area contributed by atoms with Gasteiger partial charge in [0.15, 0.2) is 12.6 Å². The average Bonchev–Trinajstić information content (AvgIpc) is 3.35. The summed E-state index contributed by atoms with van der Waals surface area (Å²) in [5, 5.41) is 23.7. The van der Waals surface area contributed by atoms with E-state index in [-0.39, 0.29) is 46.2 Å². The van der Waals surface area contributed by atoms with Gasteiger partial charge in [0.1, 0.15) is 48.8 Å². The summed E-state index contributed by atoms with van der Waals surface area (Å²) in [4.78, 5) is 0. The van der Waals surface area contributed by atoms with Gasteiger partial charge < -0.3 is 52.8 Å². The van der Waals surface area contributed by atoms with Crippen molar-refractivity contribution in [1.29, 1.82) is 0 Å². The summed E-state index contributed by atoms with van der Waals surface area (Å²) in [7, 11) is 0. The number of benzene rings is 6. The van der Waals surface area contributed by atoms with Crippen LogP contribution in [0.15, 0.2) is 182 Å². The molecule has 0 radical (unpaired) electrons. The highest BCUT2D eigenvalue weighted by molar-refractivity contribution is 5.18. The van der Waals surface area contributed by atoms with Gasteiger partial charge >= 0.3 is 0 Å². The van der Waals surface area contributed by atoms with Gasteiger partial charge in [0, 0.05) is 0 Å². The highest BCUT2D eigenvalue weighted by Gasteiger charge is 2.53. The molecule has 11 nitrogen and oxygen atoms in total. The number of hydrogen-bond acceptors (Lipinski definition) is 11. The SMILES string of the molecule is O[C@@H]1[C@@H](OCc2ccccc2)[C@@H](O)O[C@H](COCc2ccccc2)[C@@H]1OC1O[C@H](COCc2ccccc2)[C@@H](OCc2ccccc2)[C@H](OCc2ccccc2)[C@H]1OCc1ccccc1. The van der Waals surface area contributed by atoms with Gasteiger partial charge in [0.05, 0.1) is 52.9 Å². The Morgan fingerprint density at radius 2 is 0.662 bits per heavy atom. The van der Waals surface area contributed by atoms with Gasteiger partial charge in [-0.25, -0.2) is 0 Å². The van der Waals surface area contributed by atoms with Crippen LogP contribution in [-0.4, -0.2) is 84.8 Å². The predicted octanol–water partition coefficient (Wildman–Crippen LogP) is 7.95. The number of ether oxygens (including phenoxy) is 9. The minimum Gasteiger partial charge on any atom is -0.387 e. The smallest absolute Gasteiger partial charge is 0.187 e. The molecule has 0 aromatic heterocycles. The molecule has 2 heterocycles. The highest BCUT2D eigenvalue weighted by Crippen LogP contribution is 2.35. The molecule has 0 saturated carbocycles. The molecule has 2 saturated heterocycles. The van der Waals surface area contributed by atoms with E-state index in [0.717, 1.165) is 33.4 Å². The highest BCUT2D eigenvalue weighted by atomic mass is 16.7. The molecule has 2 aliphatic rings. The van der Waals surface area contributed by atoms with Crippen LogP contribution in [0.5, 0.6) is 0 Å². The Hall–Kier alpha value is -5.12. The summed E-state index contributed by atoms with van der Waals surface area (Å²) in [6, 6.07) is 58.9. The van der Waals surface area contributed by atoms with Crippen molar-refractivity contribution in [3.63, 3.8) is 0 Å². The molecule has 6 aromatic carbocycles. The molecule has 0 bridgehead atoms. The molecular weight excluding hydrogens is 825 g/mol. The van der Waals surface area contributed by atoms with Crippen LogP contribution in [0.3, 0.4) is 0 Å². The zero-order valence-corrected chi connectivity index (χ0v) is 36.3. The predicted molar refractivity (Wildman–Crippen MR) is 243 cm³/mol. The second-order valence-corrected chi connectivity index (χ2v) is 16.2. The molecular formula is C54H58O11. The largest absolute Gasteiger partial charge is 0.387 e. The molecule has 11 heteroatoms. The van der Waals surface area contributed by atoms with Crippen molar-refractivity contribution in [2.45, 2.75) is 101 Å². The Labute approximate surface area is 381 Å². The van der Waals surface area contributed by atoms with Gasteiger partial charge in [-0.15, -0.1) is 0 Å². The van der Waals surface area contributed by atoms with Crippen LogP contribution < -0.4 is 0 Å². The quantitative estimate of drug-likeness (QED) is 0.0691. The van der Waals surface area contributed by atoms with Gasteiger partial charge in [0.25, 0.3) is 0 Å². The van der Waals surface area contributed by atoms with Gasteiger partial charge in [0.2, 0.25) is 0 Å². The van der Waals surface area contributed by atoms with E-state index >= 15 is 0 Å². The number of aliphatic hydroxyl groups excluding tert-OH is 2. The van der Waals surface area contributed by atoms with E-state index in [4.69, 9.17) is 42.6 Å². The van der Waals surface area contributed by atoms with Crippen molar-refractivity contribution in [1.82, 2.24) is 0 Å². The fourth-order valence-corrected chi connectivity index (χ4v) is 8.04. The molecule has 2 aliphatic heterocycles. The molecule has 0 amide bonds. The lowest BCUT2D eigenvalue weighted by molar-refractivity contribution is -0.371. The zero-order valence-electron chi connectivity index (χ0n) is 36.3. The standard InChI is InChI=1S/C54H58O11/c55-47-48(45(37-57-31-39-19-7-1-8-20-39)63-53(56)50(47)60-34-42-25-13-4-14-26-42)65-54-52(62-36-44-29-17-6-18-30-44)51(61-35-43-27-15-5-16-28-43)49(59-33-41-23-11-3-12-24-41)46(64-54)38-58-32-40-21-9-2-10-22-40/h1-30,45-56H,31-38H2/t45-,46-,47+,48+,49-,50-,51+,52-,53+,54?/m1/s1. The van der Waals surface area contributed by atoms with Crippen molar-refractivity contribution in [2.24, 2.45) is 0 Å². The van der Waals surface area contributed by atoms with Crippen LogP contribution in [0.2, 0.25) is 0 Å². The minimum atomic E-state index is -1.49. The second kappa shape index (κ2) is 24.4. The molecule has 65 heavy (non-hydrogen) atoms. The van der Waals surface area contributed by atoms with E-state index < -0.39 is 61.4 Å². The number of aliphatic hydroxyl groups is 2. The van der Waals surface area contributed by atoms with Crippen LogP contribution in [0, 0.1) is 0 Å². The van der Waals surface area contributed by atoms with Crippen LogP contribution in [0.1, 0.15) is 33.4 Å². The maximum absolute atomic E-state index is 12.3. The summed E-state index contributed by atoms with van der Waals surface area (Å²) in [6.45, 7) is 1.49. The first-order valence-corrected chi connectivity index (χ1v) is 22.3. The lowest BCUT2D eigenvalue weighted by Crippen LogP contribution is -2.66. The monoisotopic (exact) mass is 882 g/mol. The van der Waals surface area contributed by atoms with E-state index in [1.54, 1.807) is 0 Å². The molecule has 340 valence electrons. The topological polar surface area (TPSA) is 124 Å². The Bertz CT molecular complexity index is 2200. The van der Waals surface area contributed by atoms with Gasteiger partial charge in [-0.05, 0) is 33.4 Å². The van der Waals surface area contributed by atoms with E-state index in [1.165, 1.54) is 0 Å². The number of rotatable bonds is 22. The number of hydrogen-bond donors (Lipinski definition) is 2. The Kier molecular flexibility index (Phi) is 17.4. The molecule has 2 fully saturated rings. The molecule has 0 spiro atoms. The lowest BCUT2D eigenvalue weighted by atomic mass is 9.96. The van der Waals surface area contributed by atoms with Crippen LogP contribution >= 0.6 is 0 Å². The van der Waals surface area contributed by atoms with E-state index in [9.17, 15) is 10.2 Å². The fraction of sp³-hybridized carbons (Fsp3) is 0.333. The van der Waals surface area contributed by atoms with Crippen molar-refractivity contribution in [2.75, 3.05) is 13.2 Å². The summed E-state index contributed by atoms with van der Waals surface area (Å²) in [6.07, 6.45) is -10.5. The minimum absolute atomic E-state index is 0.0261. The molecule has 10 atom stereocenters. The summed E-state index contributed by atoms with van der Waals surface area (Å²) >= 11 is 0. The van der Waals surface area contributed by atoms with E-state index in [1.807, 2.05) is 182 Å². The molecule has 0 aliphatic carbocycles. The molecule has 1 unspecified atom stereocenters. The Morgan fingerprint density at radius 1 is 0.338 bits per heavy atom. The van der Waals surface area contributed by atoms with Crippen molar-refractivity contribution < 1.29 is 52.8 Å². The van der Waals surface area contributed by atoms with Crippen LogP contribution in [0.25, 0.3) is 0 Å². The zero-order chi connectivity index (χ0) is 44.5. The van der Waals surface area contributed by atoms with Gasteiger partial charge in [-0.1, -0.05) is 182 Å². The van der Waals surface area contributed by atoms with Gasteiger partial charge in [-0.2, -0.15) is 0 Å². The average molecular weight is 883 g/mol. The summed E-state index contributed by atoms with van der Waals surface area (Å²) in [5.74, 6) is 0. The first-order valence-electron chi connectivity index (χ1n) is 22.3. The second-order valence-electron chi connectivity index (χ2n) is 16.2. The molecule has 2 N–H and O–H groups in total. The van der Waals surface area contributed by atoms with Crippen molar-refractivity contribution in [3.05, 3.63) is 215 Å². The Morgan fingerprint density at radius 3 is 1.06 bits per heavy atom. The maximum atomic E-state index is 12.3. The third-order valence-electron chi connectivity index (χ3n) is 11.4. The van der Waals surface area contributed by atoms with Gasteiger partial charge in [-0.3, -0.25) is 0 Å². The fourth-order valence-electron chi connectivity index (χ4n) is 8.04. The first-order chi connectivity index (χ1) is 32.1. The molecule has 8 rings (SSSR count). The first kappa shape index (κ1) is 46.4. The third kappa shape index (κ3) is 13.5. The van der Waals surface area contributed by atoms with E-state index in [0.29, 0.717) is 6.61 Å². The molecule has 6 aromatic rings. The van der Waals surface area contributed by atoms with Crippen LogP contribution in [-0.2, 0) is 82.3 Å². The van der Waals surface area contributed by atoms with Crippen LogP contribution in [0.4, 0.5) is 0 Å². The summed E-state index contributed by atoms with van der Waals surface area (Å²) < 4.78 is 59.6. The van der Waals surface area contributed by atoms with E-state index in [2.05, 4.69) is 0 Å². The maximum Gasteiger partial charge on any atom is 0.187 e. The summed E-state index contributed by atoms with van der Waals surface area (Å²) in [5.41, 5.74) is 5.67. The van der Waals surface area contributed by atoms with Crippen molar-refractivity contribution >= 4 is 0 Å². The lowest BCUT2D eigenvalue weighted by Gasteiger charge is -2.49.